The van der Waals surface area contributed by atoms with E-state index in [4.69, 9.17) is 4.74 Å². The monoisotopic (exact) mass is 299 g/mol. The Hall–Kier alpha value is -0.910. The van der Waals surface area contributed by atoms with Crippen molar-refractivity contribution in [3.05, 3.63) is 44.8 Å². The zero-order valence-electron chi connectivity index (χ0n) is 8.55. The van der Waals surface area contributed by atoms with Crippen LogP contribution in [0.5, 0.6) is 5.75 Å². The summed E-state index contributed by atoms with van der Waals surface area (Å²) < 4.78 is 6.06. The van der Waals surface area contributed by atoms with Gasteiger partial charge >= 0.3 is 0 Å². The van der Waals surface area contributed by atoms with Crippen LogP contribution in [-0.4, -0.2) is 17.2 Å². The molecule has 16 heavy (non-hydrogen) atoms. The lowest BCUT2D eigenvalue weighted by Crippen LogP contribution is -2.03. The van der Waals surface area contributed by atoms with Gasteiger partial charge in [0, 0.05) is 10.7 Å². The summed E-state index contributed by atoms with van der Waals surface area (Å²) in [6, 6.07) is 5.46. The molecule has 0 saturated carbocycles. The van der Waals surface area contributed by atoms with Gasteiger partial charge in [0.15, 0.2) is 0 Å². The quantitative estimate of drug-likeness (QED) is 0.947. The lowest BCUT2D eigenvalue weighted by molar-refractivity contribution is 0.212. The van der Waals surface area contributed by atoms with E-state index in [1.807, 2.05) is 11.4 Å². The van der Waals surface area contributed by atoms with E-state index < -0.39 is 6.10 Å². The number of aliphatic hydroxyl groups excluding tert-OH is 1. The number of ether oxygens (including phenoxy) is 1. The molecule has 2 heterocycles. The van der Waals surface area contributed by atoms with E-state index in [0.29, 0.717) is 11.4 Å². The predicted molar refractivity (Wildman–Crippen MR) is 66.9 cm³/mol. The second-order valence-electron chi connectivity index (χ2n) is 3.13. The topological polar surface area (TPSA) is 42.4 Å². The van der Waals surface area contributed by atoms with Crippen LogP contribution in [0.4, 0.5) is 0 Å². The third-order valence-corrected chi connectivity index (χ3v) is 4.09. The minimum Gasteiger partial charge on any atom is -0.495 e. The average molecular weight is 300 g/mol. The molecule has 0 aliphatic carbocycles. The zero-order valence-corrected chi connectivity index (χ0v) is 11.0. The normalized spacial score (nSPS) is 12.4. The van der Waals surface area contributed by atoms with E-state index in [1.165, 1.54) is 11.3 Å². The number of hydrogen-bond acceptors (Lipinski definition) is 4. The molecule has 0 spiro atoms. The second kappa shape index (κ2) is 4.95. The van der Waals surface area contributed by atoms with Crippen LogP contribution < -0.4 is 4.74 Å². The molecule has 0 aromatic carbocycles. The standard InChI is InChI=1S/C11H10BrNO2S/c1-15-8-3-2-5-13-9(8)10(14)11-7(12)4-6-16-11/h2-6,10,14H,1H3. The molecule has 0 aliphatic rings. The molecule has 1 unspecified atom stereocenters. The average Bonchev–Trinajstić information content (AvgIpc) is 2.74. The van der Waals surface area contributed by atoms with E-state index in [9.17, 15) is 5.11 Å². The van der Waals surface area contributed by atoms with Gasteiger partial charge in [-0.05, 0) is 39.5 Å². The van der Waals surface area contributed by atoms with Gasteiger partial charge in [-0.1, -0.05) is 0 Å². The van der Waals surface area contributed by atoms with Crippen molar-refractivity contribution in [1.29, 1.82) is 0 Å². The Labute approximate surface area is 106 Å². The molecule has 2 aromatic rings. The maximum atomic E-state index is 10.2. The van der Waals surface area contributed by atoms with Crippen molar-refractivity contribution in [2.45, 2.75) is 6.10 Å². The van der Waals surface area contributed by atoms with E-state index in [-0.39, 0.29) is 0 Å². The molecule has 5 heteroatoms. The minimum absolute atomic E-state index is 0.535. The Balaban J connectivity index is 2.41. The molecule has 1 N–H and O–H groups in total. The van der Waals surface area contributed by atoms with Crippen LogP contribution >= 0.6 is 27.3 Å². The van der Waals surface area contributed by atoms with Crippen molar-refractivity contribution in [1.82, 2.24) is 4.98 Å². The first kappa shape index (κ1) is 11.6. The van der Waals surface area contributed by atoms with E-state index in [1.54, 1.807) is 25.4 Å². The summed E-state index contributed by atoms with van der Waals surface area (Å²) in [6.07, 6.45) is 0.883. The number of thiophene rings is 1. The van der Waals surface area contributed by atoms with Crippen molar-refractivity contribution in [2.75, 3.05) is 7.11 Å². The molecule has 0 saturated heterocycles. The number of rotatable bonds is 3. The van der Waals surface area contributed by atoms with Crippen molar-refractivity contribution in [3.63, 3.8) is 0 Å². The minimum atomic E-state index is -0.759. The Bertz CT molecular complexity index is 486. The summed E-state index contributed by atoms with van der Waals surface area (Å²) in [5.41, 5.74) is 0.535. The lowest BCUT2D eigenvalue weighted by Gasteiger charge is -2.12. The fourth-order valence-corrected chi connectivity index (χ4v) is 2.98. The van der Waals surface area contributed by atoms with Crippen LogP contribution in [0.25, 0.3) is 0 Å². The van der Waals surface area contributed by atoms with Gasteiger partial charge in [0.1, 0.15) is 17.5 Å². The van der Waals surface area contributed by atoms with Crippen molar-refractivity contribution in [2.24, 2.45) is 0 Å². The second-order valence-corrected chi connectivity index (χ2v) is 4.93. The fourth-order valence-electron chi connectivity index (χ4n) is 1.41. The van der Waals surface area contributed by atoms with E-state index >= 15 is 0 Å². The highest BCUT2D eigenvalue weighted by atomic mass is 79.9. The Kier molecular flexibility index (Phi) is 3.58. The molecule has 0 aliphatic heterocycles. The molecule has 0 radical (unpaired) electrons. The first-order valence-corrected chi connectivity index (χ1v) is 6.31. The van der Waals surface area contributed by atoms with Gasteiger partial charge in [-0.2, -0.15) is 0 Å². The van der Waals surface area contributed by atoms with Gasteiger partial charge in [0.05, 0.1) is 12.0 Å². The number of pyridine rings is 1. The van der Waals surface area contributed by atoms with Crippen molar-refractivity contribution < 1.29 is 9.84 Å². The number of methoxy groups -OCH3 is 1. The highest BCUT2D eigenvalue weighted by molar-refractivity contribution is 9.10. The van der Waals surface area contributed by atoms with Crippen molar-refractivity contribution >= 4 is 27.3 Å². The van der Waals surface area contributed by atoms with E-state index in [0.717, 1.165) is 9.35 Å². The van der Waals surface area contributed by atoms with Crippen LogP contribution in [0.15, 0.2) is 34.2 Å². The van der Waals surface area contributed by atoms with Gasteiger partial charge < -0.3 is 9.84 Å². The molecular weight excluding hydrogens is 290 g/mol. The van der Waals surface area contributed by atoms with Gasteiger partial charge in [0.25, 0.3) is 0 Å². The van der Waals surface area contributed by atoms with Gasteiger partial charge in [-0.25, -0.2) is 0 Å². The maximum Gasteiger partial charge on any atom is 0.143 e. The Morgan fingerprint density at radius 3 is 2.94 bits per heavy atom. The van der Waals surface area contributed by atoms with Crippen LogP contribution in [0, 0.1) is 0 Å². The van der Waals surface area contributed by atoms with Gasteiger partial charge in [-0.3, -0.25) is 4.98 Å². The summed E-state index contributed by atoms with van der Waals surface area (Å²) >= 11 is 4.87. The van der Waals surface area contributed by atoms with Crippen molar-refractivity contribution in [3.8, 4) is 5.75 Å². The third-order valence-electron chi connectivity index (χ3n) is 2.17. The lowest BCUT2D eigenvalue weighted by atomic mass is 10.2. The van der Waals surface area contributed by atoms with Crippen LogP contribution in [0.3, 0.4) is 0 Å². The van der Waals surface area contributed by atoms with Crippen LogP contribution in [-0.2, 0) is 0 Å². The molecule has 2 rings (SSSR count). The fraction of sp³-hybridized carbons (Fsp3) is 0.182. The first-order valence-electron chi connectivity index (χ1n) is 4.64. The smallest absolute Gasteiger partial charge is 0.143 e. The van der Waals surface area contributed by atoms with E-state index in [2.05, 4.69) is 20.9 Å². The highest BCUT2D eigenvalue weighted by Gasteiger charge is 2.19. The largest absolute Gasteiger partial charge is 0.495 e. The van der Waals surface area contributed by atoms with Crippen LogP contribution in [0.2, 0.25) is 0 Å². The number of nitrogens with zero attached hydrogens (tertiary/aromatic N) is 1. The van der Waals surface area contributed by atoms with Crippen LogP contribution in [0.1, 0.15) is 16.7 Å². The molecular formula is C11H10BrNO2S. The number of halogens is 1. The number of aromatic nitrogens is 1. The molecule has 0 fully saturated rings. The number of aliphatic hydroxyl groups is 1. The Morgan fingerprint density at radius 1 is 1.50 bits per heavy atom. The predicted octanol–water partition coefficient (Wildman–Crippen LogP) is 3.00. The third kappa shape index (κ3) is 2.11. The van der Waals surface area contributed by atoms with Gasteiger partial charge in [-0.15, -0.1) is 11.3 Å². The summed E-state index contributed by atoms with van der Waals surface area (Å²) in [7, 11) is 1.57. The maximum absolute atomic E-state index is 10.2. The summed E-state index contributed by atoms with van der Waals surface area (Å²) in [6.45, 7) is 0. The molecule has 84 valence electrons. The molecule has 2 aromatic heterocycles. The zero-order chi connectivity index (χ0) is 11.5. The first-order chi connectivity index (χ1) is 7.74. The highest BCUT2D eigenvalue weighted by Crippen LogP contribution is 2.35. The summed E-state index contributed by atoms with van der Waals surface area (Å²) in [4.78, 5) is 4.99. The molecule has 1 atom stereocenters. The molecule has 0 bridgehead atoms. The van der Waals surface area contributed by atoms with Gasteiger partial charge in [0.2, 0.25) is 0 Å². The summed E-state index contributed by atoms with van der Waals surface area (Å²) in [5, 5.41) is 12.1. The SMILES string of the molecule is COc1cccnc1C(O)c1sccc1Br. The molecule has 3 nitrogen and oxygen atoms in total. The summed E-state index contributed by atoms with van der Waals surface area (Å²) in [5.74, 6) is 0.593. The molecule has 0 amide bonds. The Morgan fingerprint density at radius 2 is 2.31 bits per heavy atom. The number of hydrogen-bond donors (Lipinski definition) is 1.